The van der Waals surface area contributed by atoms with E-state index in [-0.39, 0.29) is 23.0 Å². The van der Waals surface area contributed by atoms with Crippen molar-refractivity contribution in [3.05, 3.63) is 246 Å². The second-order valence-corrected chi connectivity index (χ2v) is 27.6. The Morgan fingerprint density at radius 3 is 1.59 bits per heavy atom. The third kappa shape index (κ3) is 8.79. The van der Waals surface area contributed by atoms with Gasteiger partial charge in [-0.05, 0) is 207 Å². The molecule has 4 heterocycles. The zero-order valence-electron chi connectivity index (χ0n) is 50.0. The third-order valence-corrected chi connectivity index (χ3v) is 18.8. The van der Waals surface area contributed by atoms with Gasteiger partial charge in [-0.2, -0.15) is 0 Å². The number of rotatable bonds is 7. The first kappa shape index (κ1) is 52.5. The van der Waals surface area contributed by atoms with Crippen molar-refractivity contribution in [1.82, 2.24) is 4.57 Å². The van der Waals surface area contributed by atoms with Gasteiger partial charge in [-0.1, -0.05) is 165 Å². The Kier molecular flexibility index (Phi) is 12.2. The molecule has 0 spiro atoms. The molecule has 0 saturated heterocycles. The molecule has 0 radical (unpaired) electrons. The summed E-state index contributed by atoms with van der Waals surface area (Å²) in [7, 11) is 0. The summed E-state index contributed by atoms with van der Waals surface area (Å²) < 4.78 is 3.74. The predicted octanol–water partition coefficient (Wildman–Crippen LogP) is 20.0. The highest BCUT2D eigenvalue weighted by Crippen LogP contribution is 2.50. The molecule has 10 aromatic carbocycles. The quantitative estimate of drug-likeness (QED) is 0.148. The molecular weight excluding hydrogens is 1020 g/mol. The van der Waals surface area contributed by atoms with Crippen LogP contribution in [0.15, 0.2) is 212 Å². The maximum atomic E-state index is 2.61. The first-order valence-electron chi connectivity index (χ1n) is 29.5. The molecular formula is C77H71BN4S. The van der Waals surface area contributed by atoms with Crippen molar-refractivity contribution in [3.8, 4) is 16.1 Å². The van der Waals surface area contributed by atoms with Crippen molar-refractivity contribution in [1.29, 1.82) is 0 Å². The fourth-order valence-electron chi connectivity index (χ4n) is 13.5. The number of hydrogen-bond acceptors (Lipinski definition) is 4. The van der Waals surface area contributed by atoms with E-state index in [1.54, 1.807) is 0 Å². The van der Waals surface area contributed by atoms with Gasteiger partial charge < -0.3 is 19.3 Å². The Balaban J connectivity index is 1.04. The first-order chi connectivity index (χ1) is 39.8. The molecule has 0 bridgehead atoms. The van der Waals surface area contributed by atoms with Gasteiger partial charge >= 0.3 is 0 Å². The van der Waals surface area contributed by atoms with E-state index in [1.807, 2.05) is 11.3 Å². The maximum absolute atomic E-state index is 2.61. The van der Waals surface area contributed by atoms with E-state index in [4.69, 9.17) is 0 Å². The average molecular weight is 1100 g/mol. The molecule has 2 aliphatic rings. The van der Waals surface area contributed by atoms with E-state index in [0.717, 1.165) is 28.4 Å². The SMILES string of the molecule is Cc1cc2c3c(c1)N(c1ccc(C(C)(C)C)cc1)c1cc(C(C)(C)C)ccc1B3c1ccc(N(c3ccc(C(C)(C)C)cc3)c3ccc4c5ccccc5n(-c5ccccc5)c4c3)cc1N2c1cc(C)c(-c2cc3ccccc3s2)c(C)c1. The van der Waals surface area contributed by atoms with Gasteiger partial charge in [0, 0.05) is 77.2 Å². The Bertz CT molecular complexity index is 4490. The molecule has 6 heteroatoms. The van der Waals surface area contributed by atoms with Crippen molar-refractivity contribution in [2.24, 2.45) is 0 Å². The lowest BCUT2D eigenvalue weighted by Crippen LogP contribution is -2.61. The second-order valence-electron chi connectivity index (χ2n) is 26.5. The van der Waals surface area contributed by atoms with E-state index in [1.165, 1.54) is 121 Å². The monoisotopic (exact) mass is 1090 g/mol. The van der Waals surface area contributed by atoms with Crippen LogP contribution in [0.2, 0.25) is 0 Å². The maximum Gasteiger partial charge on any atom is 0.252 e. The van der Waals surface area contributed by atoms with Crippen LogP contribution in [-0.4, -0.2) is 11.3 Å². The molecule has 83 heavy (non-hydrogen) atoms. The molecule has 0 unspecified atom stereocenters. The number of thiophene rings is 1. The van der Waals surface area contributed by atoms with E-state index in [2.05, 4.69) is 315 Å². The normalized spacial score (nSPS) is 13.2. The van der Waals surface area contributed by atoms with Gasteiger partial charge in [0.2, 0.25) is 0 Å². The van der Waals surface area contributed by atoms with Crippen molar-refractivity contribution in [2.75, 3.05) is 14.7 Å². The lowest BCUT2D eigenvalue weighted by atomic mass is 9.33. The molecule has 0 N–H and O–H groups in total. The predicted molar refractivity (Wildman–Crippen MR) is 361 cm³/mol. The molecule has 0 amide bonds. The summed E-state index contributed by atoms with van der Waals surface area (Å²) in [6, 6.07) is 81.1. The fourth-order valence-corrected chi connectivity index (χ4v) is 14.7. The number of hydrogen-bond donors (Lipinski definition) is 0. The lowest BCUT2D eigenvalue weighted by Gasteiger charge is -2.45. The van der Waals surface area contributed by atoms with Crippen LogP contribution in [0.25, 0.3) is 48.0 Å². The lowest BCUT2D eigenvalue weighted by molar-refractivity contribution is 0.590. The van der Waals surface area contributed by atoms with Crippen LogP contribution >= 0.6 is 11.3 Å². The summed E-state index contributed by atoms with van der Waals surface area (Å²) in [6.07, 6.45) is 0. The van der Waals surface area contributed by atoms with Crippen LogP contribution in [0, 0.1) is 20.8 Å². The Morgan fingerprint density at radius 1 is 0.398 bits per heavy atom. The van der Waals surface area contributed by atoms with Gasteiger partial charge in [0.25, 0.3) is 6.71 Å². The minimum atomic E-state index is -0.0598. The van der Waals surface area contributed by atoms with Crippen molar-refractivity contribution in [2.45, 2.75) is 99.3 Å². The topological polar surface area (TPSA) is 14.7 Å². The van der Waals surface area contributed by atoms with E-state index in [9.17, 15) is 0 Å². The second kappa shape index (κ2) is 19.3. The van der Waals surface area contributed by atoms with Crippen LogP contribution in [0.4, 0.5) is 51.2 Å². The van der Waals surface area contributed by atoms with Gasteiger partial charge in [-0.15, -0.1) is 11.3 Å². The fraction of sp³-hybridized carbons (Fsp3) is 0.195. The van der Waals surface area contributed by atoms with Crippen molar-refractivity contribution in [3.63, 3.8) is 0 Å². The van der Waals surface area contributed by atoms with E-state index in [0.29, 0.717) is 0 Å². The number of benzene rings is 10. The van der Waals surface area contributed by atoms with Crippen LogP contribution in [0.1, 0.15) is 95.7 Å². The molecule has 0 saturated carbocycles. The first-order valence-corrected chi connectivity index (χ1v) is 30.3. The largest absolute Gasteiger partial charge is 0.311 e. The van der Waals surface area contributed by atoms with Gasteiger partial charge in [-0.3, -0.25) is 0 Å². The molecule has 4 nitrogen and oxygen atoms in total. The molecule has 0 fully saturated rings. The zero-order chi connectivity index (χ0) is 57.4. The highest BCUT2D eigenvalue weighted by molar-refractivity contribution is 7.22. The van der Waals surface area contributed by atoms with Gasteiger partial charge in [-0.25, -0.2) is 0 Å². The minimum absolute atomic E-state index is 0.00619. The summed E-state index contributed by atoms with van der Waals surface area (Å²) in [4.78, 5) is 8.98. The Labute approximate surface area is 495 Å². The molecule has 14 rings (SSSR count). The van der Waals surface area contributed by atoms with E-state index < -0.39 is 0 Å². The Hall–Kier alpha value is -8.58. The smallest absolute Gasteiger partial charge is 0.252 e. The number of anilines is 9. The molecule has 2 aliphatic heterocycles. The summed E-state index contributed by atoms with van der Waals surface area (Å²) >= 11 is 1.89. The van der Waals surface area contributed by atoms with Gasteiger partial charge in [0.05, 0.1) is 11.0 Å². The Morgan fingerprint density at radius 2 is 0.928 bits per heavy atom. The molecule has 0 atom stereocenters. The number of aryl methyl sites for hydroxylation is 3. The number of nitrogens with zero attached hydrogens (tertiary/aromatic N) is 4. The van der Waals surface area contributed by atoms with Crippen LogP contribution in [0.3, 0.4) is 0 Å². The zero-order valence-corrected chi connectivity index (χ0v) is 50.8. The summed E-state index contributed by atoms with van der Waals surface area (Å²) in [5.74, 6) is 0. The summed E-state index contributed by atoms with van der Waals surface area (Å²) in [5, 5.41) is 3.75. The average Bonchev–Trinajstić information content (AvgIpc) is 1.48. The summed E-state index contributed by atoms with van der Waals surface area (Å²) in [6.45, 7) is 27.7. The molecule has 2 aromatic heterocycles. The molecule has 0 aliphatic carbocycles. The van der Waals surface area contributed by atoms with Crippen LogP contribution in [-0.2, 0) is 16.2 Å². The number of fused-ring (bicyclic) bond motifs is 8. The van der Waals surface area contributed by atoms with E-state index >= 15 is 0 Å². The molecule has 12 aromatic rings. The highest BCUT2D eigenvalue weighted by Gasteiger charge is 2.44. The minimum Gasteiger partial charge on any atom is -0.311 e. The number of aromatic nitrogens is 1. The number of para-hydroxylation sites is 2. The standard InChI is InChI=1S/C77H71BN4S/c1-48-40-69-74-70(41-48)82(60-42-49(2)73(50(3)43-60)72-44-51-20-16-19-25-71(51)83-72)68-47-59(36-39-64(68)78(74)63-38-30-54(77(10,11)12)45-67(63)81(69)57-33-28-53(29-34-57)76(7,8)9)79(56-31-26-52(27-32-56)75(4,5)6)58-35-37-62-61-23-17-18-24-65(61)80(66(62)46-58)55-21-14-13-15-22-55/h13-47H,1-12H3. The van der Waals surface area contributed by atoms with Crippen LogP contribution < -0.4 is 31.1 Å². The third-order valence-electron chi connectivity index (χ3n) is 17.7. The molecule has 408 valence electrons. The van der Waals surface area contributed by atoms with Gasteiger partial charge in [0.1, 0.15) is 0 Å². The van der Waals surface area contributed by atoms with Crippen LogP contribution in [0.5, 0.6) is 0 Å². The van der Waals surface area contributed by atoms with Crippen molar-refractivity contribution < 1.29 is 0 Å². The summed E-state index contributed by atoms with van der Waals surface area (Å²) in [5.41, 5.74) is 26.8. The van der Waals surface area contributed by atoms with Crippen molar-refractivity contribution >= 4 is 118 Å². The highest BCUT2D eigenvalue weighted by atomic mass is 32.1. The van der Waals surface area contributed by atoms with Gasteiger partial charge in [0.15, 0.2) is 0 Å².